The standard InChI is InChI=1S/C24H20BrN5O/c25-18-11-17(12-26-13-18)24-28-27-22-14-29(9-10-30(22)24)23-19-6-2-1-5-16(19)15-31-21-8-4-3-7-20(21)23/h1-8,11-13,23H,9-10,14-15H2. The average molecular weight is 474 g/mol. The topological polar surface area (TPSA) is 56.1 Å². The Balaban J connectivity index is 1.40. The third-order valence-electron chi connectivity index (χ3n) is 6.06. The molecule has 31 heavy (non-hydrogen) atoms. The number of nitrogens with zero attached hydrogens (tertiary/aromatic N) is 5. The van der Waals surface area contributed by atoms with Crippen molar-refractivity contribution in [1.29, 1.82) is 0 Å². The van der Waals surface area contributed by atoms with E-state index in [0.29, 0.717) is 6.61 Å². The number of hydrogen-bond acceptors (Lipinski definition) is 5. The van der Waals surface area contributed by atoms with Gasteiger partial charge in [-0.3, -0.25) is 9.88 Å². The maximum Gasteiger partial charge on any atom is 0.165 e. The summed E-state index contributed by atoms with van der Waals surface area (Å²) in [5.41, 5.74) is 4.71. The molecule has 154 valence electrons. The summed E-state index contributed by atoms with van der Waals surface area (Å²) < 4.78 is 9.32. The van der Waals surface area contributed by atoms with Gasteiger partial charge in [-0.05, 0) is 39.2 Å². The van der Waals surface area contributed by atoms with Crippen LogP contribution in [-0.4, -0.2) is 31.2 Å². The highest BCUT2D eigenvalue weighted by atomic mass is 79.9. The fraction of sp³-hybridized carbons (Fsp3) is 0.208. The summed E-state index contributed by atoms with van der Waals surface area (Å²) >= 11 is 3.50. The SMILES string of the molecule is Brc1cncc(-c2nnc3n2CCN(C2c4ccccc4COc4ccccc42)C3)c1. The first-order chi connectivity index (χ1) is 15.3. The van der Waals surface area contributed by atoms with Crippen LogP contribution in [0.4, 0.5) is 0 Å². The molecule has 0 fully saturated rings. The zero-order valence-corrected chi connectivity index (χ0v) is 18.4. The molecular weight excluding hydrogens is 454 g/mol. The number of fused-ring (bicyclic) bond motifs is 3. The number of pyridine rings is 1. The van der Waals surface area contributed by atoms with Crippen molar-refractivity contribution < 1.29 is 4.74 Å². The number of aromatic nitrogens is 4. The van der Waals surface area contributed by atoms with Gasteiger partial charge in [0, 0.05) is 41.1 Å². The molecule has 2 aliphatic heterocycles. The predicted octanol–water partition coefficient (Wildman–Crippen LogP) is 4.60. The molecule has 4 aromatic rings. The number of para-hydroxylation sites is 1. The van der Waals surface area contributed by atoms with E-state index in [1.807, 2.05) is 18.3 Å². The van der Waals surface area contributed by atoms with Crippen LogP contribution in [0, 0.1) is 0 Å². The number of hydrogen-bond donors (Lipinski definition) is 0. The molecule has 4 heterocycles. The van der Waals surface area contributed by atoms with Gasteiger partial charge in [0.2, 0.25) is 0 Å². The quantitative estimate of drug-likeness (QED) is 0.425. The molecule has 0 saturated carbocycles. The minimum absolute atomic E-state index is 0.122. The molecule has 2 aliphatic rings. The highest BCUT2D eigenvalue weighted by Gasteiger charge is 2.33. The van der Waals surface area contributed by atoms with Crippen LogP contribution in [0.1, 0.15) is 28.6 Å². The highest BCUT2D eigenvalue weighted by Crippen LogP contribution is 2.40. The second-order valence-corrected chi connectivity index (χ2v) is 8.80. The molecule has 0 aliphatic carbocycles. The van der Waals surface area contributed by atoms with E-state index >= 15 is 0 Å². The molecule has 0 bridgehead atoms. The van der Waals surface area contributed by atoms with Crippen LogP contribution >= 0.6 is 15.9 Å². The predicted molar refractivity (Wildman–Crippen MR) is 120 cm³/mol. The van der Waals surface area contributed by atoms with Gasteiger partial charge in [-0.1, -0.05) is 42.5 Å². The van der Waals surface area contributed by atoms with Crippen LogP contribution in [-0.2, 0) is 19.7 Å². The van der Waals surface area contributed by atoms with Gasteiger partial charge in [-0.15, -0.1) is 10.2 Å². The summed E-state index contributed by atoms with van der Waals surface area (Å²) in [6.07, 6.45) is 3.62. The van der Waals surface area contributed by atoms with Crippen LogP contribution in [0.5, 0.6) is 5.75 Å². The van der Waals surface area contributed by atoms with Crippen molar-refractivity contribution in [2.24, 2.45) is 0 Å². The summed E-state index contributed by atoms with van der Waals surface area (Å²) in [6.45, 7) is 3.04. The first-order valence-electron chi connectivity index (χ1n) is 10.3. The Morgan fingerprint density at radius 3 is 2.68 bits per heavy atom. The van der Waals surface area contributed by atoms with Gasteiger partial charge >= 0.3 is 0 Å². The molecule has 1 unspecified atom stereocenters. The van der Waals surface area contributed by atoms with E-state index < -0.39 is 0 Å². The zero-order valence-electron chi connectivity index (χ0n) is 16.8. The number of rotatable bonds is 2. The van der Waals surface area contributed by atoms with E-state index in [1.165, 1.54) is 16.7 Å². The van der Waals surface area contributed by atoms with Crippen molar-refractivity contribution in [2.75, 3.05) is 6.54 Å². The molecule has 6 rings (SSSR count). The summed E-state index contributed by atoms with van der Waals surface area (Å²) in [6, 6.07) is 19.1. The van der Waals surface area contributed by atoms with E-state index in [4.69, 9.17) is 4.74 Å². The smallest absolute Gasteiger partial charge is 0.165 e. The molecular formula is C24H20BrN5O. The van der Waals surface area contributed by atoms with E-state index in [2.05, 4.69) is 83.0 Å². The van der Waals surface area contributed by atoms with Gasteiger partial charge in [0.15, 0.2) is 5.82 Å². The third kappa shape index (κ3) is 3.25. The molecule has 6 nitrogen and oxygen atoms in total. The fourth-order valence-electron chi connectivity index (χ4n) is 4.63. The Kier molecular flexibility index (Phi) is 4.58. The first-order valence-corrected chi connectivity index (χ1v) is 11.1. The van der Waals surface area contributed by atoms with Gasteiger partial charge in [-0.25, -0.2) is 0 Å². The monoisotopic (exact) mass is 473 g/mol. The second-order valence-electron chi connectivity index (χ2n) is 7.88. The molecule has 2 aromatic carbocycles. The van der Waals surface area contributed by atoms with E-state index in [0.717, 1.165) is 47.1 Å². The van der Waals surface area contributed by atoms with Crippen LogP contribution < -0.4 is 4.74 Å². The lowest BCUT2D eigenvalue weighted by molar-refractivity contribution is 0.175. The van der Waals surface area contributed by atoms with Gasteiger partial charge in [0.25, 0.3) is 0 Å². The van der Waals surface area contributed by atoms with Crippen LogP contribution in [0.25, 0.3) is 11.4 Å². The molecule has 0 spiro atoms. The zero-order chi connectivity index (χ0) is 20.8. The number of halogens is 1. The molecule has 0 N–H and O–H groups in total. The van der Waals surface area contributed by atoms with Crippen molar-refractivity contribution in [3.63, 3.8) is 0 Å². The minimum atomic E-state index is 0.122. The van der Waals surface area contributed by atoms with Gasteiger partial charge < -0.3 is 9.30 Å². The minimum Gasteiger partial charge on any atom is -0.489 e. The summed E-state index contributed by atoms with van der Waals surface area (Å²) in [5.74, 6) is 2.80. The van der Waals surface area contributed by atoms with Crippen molar-refractivity contribution in [3.05, 3.63) is 94.0 Å². The lowest BCUT2D eigenvalue weighted by Crippen LogP contribution is -2.37. The highest BCUT2D eigenvalue weighted by molar-refractivity contribution is 9.10. The molecule has 7 heteroatoms. The third-order valence-corrected chi connectivity index (χ3v) is 6.49. The Hall–Kier alpha value is -3.03. The maximum absolute atomic E-state index is 6.17. The first kappa shape index (κ1) is 18.7. The van der Waals surface area contributed by atoms with E-state index in [9.17, 15) is 0 Å². The molecule has 1 atom stereocenters. The lowest BCUT2D eigenvalue weighted by atomic mass is 9.93. The summed E-state index contributed by atoms with van der Waals surface area (Å²) in [5, 5.41) is 9.04. The van der Waals surface area contributed by atoms with Crippen molar-refractivity contribution in [2.45, 2.75) is 25.7 Å². The molecule has 0 amide bonds. The number of ether oxygens (including phenoxy) is 1. The van der Waals surface area contributed by atoms with Crippen LogP contribution in [0.3, 0.4) is 0 Å². The van der Waals surface area contributed by atoms with Crippen molar-refractivity contribution >= 4 is 15.9 Å². The maximum atomic E-state index is 6.17. The number of benzene rings is 2. The van der Waals surface area contributed by atoms with Crippen molar-refractivity contribution in [3.8, 4) is 17.1 Å². The lowest BCUT2D eigenvalue weighted by Gasteiger charge is -2.35. The summed E-state index contributed by atoms with van der Waals surface area (Å²) in [4.78, 5) is 6.77. The van der Waals surface area contributed by atoms with E-state index in [-0.39, 0.29) is 6.04 Å². The Labute approximate surface area is 188 Å². The fourth-order valence-corrected chi connectivity index (χ4v) is 5.00. The largest absolute Gasteiger partial charge is 0.489 e. The average Bonchev–Trinajstić information content (AvgIpc) is 3.15. The molecule has 2 aromatic heterocycles. The summed E-state index contributed by atoms with van der Waals surface area (Å²) in [7, 11) is 0. The molecule has 0 saturated heterocycles. The Morgan fingerprint density at radius 2 is 1.77 bits per heavy atom. The van der Waals surface area contributed by atoms with Crippen LogP contribution in [0.15, 0.2) is 71.5 Å². The van der Waals surface area contributed by atoms with Crippen LogP contribution in [0.2, 0.25) is 0 Å². The Bertz CT molecular complexity index is 1220. The van der Waals surface area contributed by atoms with Gasteiger partial charge in [0.1, 0.15) is 18.2 Å². The van der Waals surface area contributed by atoms with Gasteiger partial charge in [0.05, 0.1) is 12.6 Å². The second kappa shape index (κ2) is 7.59. The molecule has 0 radical (unpaired) electrons. The normalized spacial score (nSPS) is 17.8. The van der Waals surface area contributed by atoms with Gasteiger partial charge in [-0.2, -0.15) is 0 Å². The Morgan fingerprint density at radius 1 is 0.935 bits per heavy atom. The van der Waals surface area contributed by atoms with Crippen molar-refractivity contribution in [1.82, 2.24) is 24.6 Å². The van der Waals surface area contributed by atoms with E-state index in [1.54, 1.807) is 6.20 Å².